The summed E-state index contributed by atoms with van der Waals surface area (Å²) in [5.41, 5.74) is 3.77. The van der Waals surface area contributed by atoms with Crippen LogP contribution in [-0.4, -0.2) is 28.5 Å². The van der Waals surface area contributed by atoms with Crippen LogP contribution in [0.2, 0.25) is 0 Å². The molecule has 7 heteroatoms. The van der Waals surface area contributed by atoms with E-state index in [2.05, 4.69) is 22.2 Å². The van der Waals surface area contributed by atoms with Crippen LogP contribution >= 0.6 is 0 Å². The van der Waals surface area contributed by atoms with Crippen molar-refractivity contribution in [1.29, 1.82) is 0 Å². The summed E-state index contributed by atoms with van der Waals surface area (Å²) in [5.74, 6) is -0.0855. The van der Waals surface area contributed by atoms with E-state index >= 15 is 0 Å². The van der Waals surface area contributed by atoms with Gasteiger partial charge in [-0.1, -0.05) is 18.2 Å². The highest BCUT2D eigenvalue weighted by atomic mass is 32.2. The monoisotopic (exact) mass is 402 g/mol. The quantitative estimate of drug-likeness (QED) is 0.778. The summed E-state index contributed by atoms with van der Waals surface area (Å²) in [6.45, 7) is 1.82. The second-order valence-corrected chi connectivity index (χ2v) is 8.73. The Morgan fingerprint density at radius 1 is 1.07 bits per heavy atom. The fourth-order valence-electron chi connectivity index (χ4n) is 3.56. The van der Waals surface area contributed by atoms with E-state index in [1.54, 1.807) is 0 Å². The molecular weight excluding hydrogens is 376 g/mol. The van der Waals surface area contributed by atoms with Crippen LogP contribution < -0.4 is 14.8 Å². The van der Waals surface area contributed by atoms with Gasteiger partial charge in [-0.05, 0) is 67.5 Å². The van der Waals surface area contributed by atoms with Gasteiger partial charge in [-0.2, -0.15) is 0 Å². The molecule has 0 saturated carbocycles. The lowest BCUT2D eigenvalue weighted by Gasteiger charge is -2.20. The number of fused-ring (bicyclic) bond motifs is 1. The van der Waals surface area contributed by atoms with Crippen LogP contribution in [0.3, 0.4) is 0 Å². The molecule has 2 aromatic rings. The Morgan fingerprint density at radius 2 is 1.79 bits per heavy atom. The Kier molecular flexibility index (Phi) is 6.05. The summed E-state index contributed by atoms with van der Waals surface area (Å²) in [7, 11) is -0.881. The maximum atomic E-state index is 12.9. The van der Waals surface area contributed by atoms with Gasteiger partial charge in [-0.3, -0.25) is 4.79 Å². The number of sulfonamides is 1. The van der Waals surface area contributed by atoms with E-state index in [0.717, 1.165) is 18.4 Å². The van der Waals surface area contributed by atoms with Crippen molar-refractivity contribution in [1.82, 2.24) is 10.0 Å². The average molecular weight is 403 g/mol. The van der Waals surface area contributed by atoms with Gasteiger partial charge in [0, 0.05) is 13.1 Å². The van der Waals surface area contributed by atoms with Crippen molar-refractivity contribution in [2.75, 3.05) is 14.2 Å². The van der Waals surface area contributed by atoms with Crippen molar-refractivity contribution in [2.24, 2.45) is 0 Å². The van der Waals surface area contributed by atoms with E-state index in [4.69, 9.17) is 4.74 Å². The standard InChI is InChI=1S/C21H26N2O4S/c1-14(16-9-8-15-6-4-5-7-17(15)12-16)23-28(25,26)18-10-11-20(27-3)19(13-18)21(24)22-2/h8-14,23H,4-7H2,1-3H3,(H,22,24)/t14-/m1/s1. The lowest BCUT2D eigenvalue weighted by atomic mass is 9.89. The Morgan fingerprint density at radius 3 is 2.46 bits per heavy atom. The van der Waals surface area contributed by atoms with Gasteiger partial charge in [-0.15, -0.1) is 0 Å². The summed E-state index contributed by atoms with van der Waals surface area (Å²) < 4.78 is 33.6. The van der Waals surface area contributed by atoms with E-state index in [9.17, 15) is 13.2 Å². The molecule has 150 valence electrons. The van der Waals surface area contributed by atoms with Gasteiger partial charge >= 0.3 is 0 Å². The number of methoxy groups -OCH3 is 1. The third-order valence-electron chi connectivity index (χ3n) is 5.16. The van der Waals surface area contributed by atoms with Crippen LogP contribution in [0.5, 0.6) is 5.75 Å². The molecule has 1 amide bonds. The van der Waals surface area contributed by atoms with E-state index in [-0.39, 0.29) is 16.5 Å². The van der Waals surface area contributed by atoms with Crippen molar-refractivity contribution in [3.63, 3.8) is 0 Å². The van der Waals surface area contributed by atoms with E-state index < -0.39 is 15.9 Å². The minimum Gasteiger partial charge on any atom is -0.496 e. The van der Waals surface area contributed by atoms with Crippen LogP contribution in [0.4, 0.5) is 0 Å². The summed E-state index contributed by atoms with van der Waals surface area (Å²) >= 11 is 0. The molecule has 0 spiro atoms. The zero-order valence-corrected chi connectivity index (χ0v) is 17.2. The molecule has 0 radical (unpaired) electrons. The Bertz CT molecular complexity index is 986. The SMILES string of the molecule is CNC(=O)c1cc(S(=O)(=O)N[C@H](C)c2ccc3c(c2)CCCC3)ccc1OC. The minimum atomic E-state index is -3.80. The first kappa shape index (κ1) is 20.4. The molecule has 6 nitrogen and oxygen atoms in total. The molecule has 2 N–H and O–H groups in total. The van der Waals surface area contributed by atoms with Crippen molar-refractivity contribution in [3.05, 3.63) is 58.7 Å². The summed E-state index contributed by atoms with van der Waals surface area (Å²) in [6.07, 6.45) is 4.50. The number of hydrogen-bond donors (Lipinski definition) is 2. The summed E-state index contributed by atoms with van der Waals surface area (Å²) in [5, 5.41) is 2.50. The van der Waals surface area contributed by atoms with E-state index in [0.29, 0.717) is 5.75 Å². The van der Waals surface area contributed by atoms with Crippen LogP contribution in [0, 0.1) is 0 Å². The molecule has 0 bridgehead atoms. The number of nitrogens with one attached hydrogen (secondary N) is 2. The average Bonchev–Trinajstić information content (AvgIpc) is 2.71. The Balaban J connectivity index is 1.86. The summed E-state index contributed by atoms with van der Waals surface area (Å²) in [6, 6.07) is 10.1. The first-order valence-corrected chi connectivity index (χ1v) is 10.9. The summed E-state index contributed by atoms with van der Waals surface area (Å²) in [4.78, 5) is 12.1. The third kappa shape index (κ3) is 4.20. The highest BCUT2D eigenvalue weighted by Crippen LogP contribution is 2.27. The molecule has 28 heavy (non-hydrogen) atoms. The minimum absolute atomic E-state index is 0.0247. The number of rotatable bonds is 6. The van der Waals surface area contributed by atoms with Gasteiger partial charge in [0.25, 0.3) is 5.91 Å². The smallest absolute Gasteiger partial charge is 0.254 e. The van der Waals surface area contributed by atoms with Gasteiger partial charge in [0.15, 0.2) is 0 Å². The lowest BCUT2D eigenvalue weighted by molar-refractivity contribution is 0.0960. The van der Waals surface area contributed by atoms with Gasteiger partial charge in [0.05, 0.1) is 17.6 Å². The van der Waals surface area contributed by atoms with Crippen molar-refractivity contribution < 1.29 is 17.9 Å². The van der Waals surface area contributed by atoms with Gasteiger partial charge < -0.3 is 10.1 Å². The second-order valence-electron chi connectivity index (χ2n) is 7.02. The Labute approximate surface area is 166 Å². The van der Waals surface area contributed by atoms with Crippen molar-refractivity contribution in [3.8, 4) is 5.75 Å². The highest BCUT2D eigenvalue weighted by Gasteiger charge is 2.22. The number of benzene rings is 2. The molecule has 2 aromatic carbocycles. The van der Waals surface area contributed by atoms with Crippen LogP contribution in [0.15, 0.2) is 41.3 Å². The van der Waals surface area contributed by atoms with Crippen LogP contribution in [0.1, 0.15) is 52.9 Å². The maximum Gasteiger partial charge on any atom is 0.254 e. The molecule has 1 aliphatic rings. The maximum absolute atomic E-state index is 12.9. The third-order valence-corrected chi connectivity index (χ3v) is 6.70. The number of amides is 1. The predicted octanol–water partition coefficient (Wildman–Crippen LogP) is 2.97. The number of carbonyl (C=O) groups excluding carboxylic acids is 1. The zero-order chi connectivity index (χ0) is 20.3. The van der Waals surface area contributed by atoms with Crippen LogP contribution in [0.25, 0.3) is 0 Å². The molecule has 0 heterocycles. The van der Waals surface area contributed by atoms with Crippen molar-refractivity contribution in [2.45, 2.75) is 43.5 Å². The number of hydrogen-bond acceptors (Lipinski definition) is 4. The molecule has 3 rings (SSSR count). The largest absolute Gasteiger partial charge is 0.496 e. The number of carbonyl (C=O) groups is 1. The molecule has 0 aliphatic heterocycles. The van der Waals surface area contributed by atoms with Crippen LogP contribution in [-0.2, 0) is 22.9 Å². The van der Waals surface area contributed by atoms with Gasteiger partial charge in [-0.25, -0.2) is 13.1 Å². The first-order valence-electron chi connectivity index (χ1n) is 9.40. The van der Waals surface area contributed by atoms with Crippen molar-refractivity contribution >= 4 is 15.9 Å². The molecule has 0 aromatic heterocycles. The highest BCUT2D eigenvalue weighted by molar-refractivity contribution is 7.89. The Hall–Kier alpha value is -2.38. The fourth-order valence-corrected chi connectivity index (χ4v) is 4.82. The second kappa shape index (κ2) is 8.32. The molecule has 0 fully saturated rings. The fraction of sp³-hybridized carbons (Fsp3) is 0.381. The predicted molar refractivity (Wildman–Crippen MR) is 108 cm³/mol. The zero-order valence-electron chi connectivity index (χ0n) is 16.4. The lowest BCUT2D eigenvalue weighted by Crippen LogP contribution is -2.27. The number of ether oxygens (including phenoxy) is 1. The normalized spacial score (nSPS) is 14.8. The first-order chi connectivity index (χ1) is 13.4. The molecular formula is C21H26N2O4S. The topological polar surface area (TPSA) is 84.5 Å². The molecule has 1 aliphatic carbocycles. The molecule has 0 unspecified atom stereocenters. The molecule has 1 atom stereocenters. The van der Waals surface area contributed by atoms with Gasteiger partial charge in [0.1, 0.15) is 5.75 Å². The van der Waals surface area contributed by atoms with E-state index in [1.807, 2.05) is 13.0 Å². The number of aryl methyl sites for hydroxylation is 2. The molecule has 0 saturated heterocycles. The van der Waals surface area contributed by atoms with E-state index in [1.165, 1.54) is 56.3 Å². The van der Waals surface area contributed by atoms with Gasteiger partial charge in [0.2, 0.25) is 10.0 Å².